The smallest absolute Gasteiger partial charge is 0.307 e. The molecule has 0 N–H and O–H groups in total. The largest absolute Gasteiger partial charge is 0.490 e. The van der Waals surface area contributed by atoms with Gasteiger partial charge in [-0.1, -0.05) is 59.9 Å². The Labute approximate surface area is 197 Å². The summed E-state index contributed by atoms with van der Waals surface area (Å²) in [6.45, 7) is 5.07. The summed E-state index contributed by atoms with van der Waals surface area (Å²) >= 11 is 6.52. The van der Waals surface area contributed by atoms with E-state index in [1.807, 2.05) is 56.3 Å². The maximum atomic E-state index is 12.7. The summed E-state index contributed by atoms with van der Waals surface area (Å²) in [5.41, 5.74) is 3.06. The highest BCUT2D eigenvalue weighted by atomic mass is 32.2. The Hall–Kier alpha value is -2.84. The number of ether oxygens (including phenoxy) is 3. The number of nitrogens with zero attached hydrogens (tertiary/aromatic N) is 1. The van der Waals surface area contributed by atoms with E-state index in [2.05, 4.69) is 4.74 Å². The molecule has 1 saturated heterocycles. The molecule has 1 amide bonds. The third kappa shape index (κ3) is 6.11. The van der Waals surface area contributed by atoms with Crippen LogP contribution in [0.4, 0.5) is 0 Å². The van der Waals surface area contributed by atoms with E-state index in [0.29, 0.717) is 33.9 Å². The Kier molecular flexibility index (Phi) is 8.30. The average molecular weight is 472 g/mol. The molecule has 2 aromatic carbocycles. The van der Waals surface area contributed by atoms with Gasteiger partial charge in [0.15, 0.2) is 11.5 Å². The van der Waals surface area contributed by atoms with Crippen LogP contribution in [0.25, 0.3) is 6.08 Å². The van der Waals surface area contributed by atoms with E-state index in [0.717, 1.165) is 11.1 Å². The van der Waals surface area contributed by atoms with Crippen molar-refractivity contribution in [3.63, 3.8) is 0 Å². The van der Waals surface area contributed by atoms with Gasteiger partial charge in [0.1, 0.15) is 10.9 Å². The van der Waals surface area contributed by atoms with Crippen molar-refractivity contribution in [1.29, 1.82) is 0 Å². The number of benzene rings is 2. The SMILES string of the molecule is CCOc1cc(/C=C2\SC(=S)N(CCC(=O)OC)C2=O)ccc1OCc1ccc(C)cc1. The van der Waals surface area contributed by atoms with Crippen molar-refractivity contribution < 1.29 is 23.8 Å². The highest BCUT2D eigenvalue weighted by Crippen LogP contribution is 2.35. The molecule has 1 aliphatic rings. The van der Waals surface area contributed by atoms with Crippen molar-refractivity contribution in [3.8, 4) is 11.5 Å². The van der Waals surface area contributed by atoms with Crippen LogP contribution in [0, 0.1) is 6.92 Å². The Bertz CT molecular complexity index is 1030. The Morgan fingerprint density at radius 2 is 1.88 bits per heavy atom. The van der Waals surface area contributed by atoms with Crippen LogP contribution in [0.15, 0.2) is 47.4 Å². The molecule has 3 rings (SSSR count). The summed E-state index contributed by atoms with van der Waals surface area (Å²) < 4.78 is 16.8. The predicted molar refractivity (Wildman–Crippen MR) is 130 cm³/mol. The fourth-order valence-corrected chi connectivity index (χ4v) is 4.31. The number of thioether (sulfide) groups is 1. The lowest BCUT2D eigenvalue weighted by atomic mass is 10.1. The number of rotatable bonds is 9. The maximum absolute atomic E-state index is 12.7. The van der Waals surface area contributed by atoms with Crippen molar-refractivity contribution in [1.82, 2.24) is 4.90 Å². The highest BCUT2D eigenvalue weighted by Gasteiger charge is 2.32. The van der Waals surface area contributed by atoms with Gasteiger partial charge >= 0.3 is 5.97 Å². The molecule has 1 fully saturated rings. The van der Waals surface area contributed by atoms with E-state index >= 15 is 0 Å². The van der Waals surface area contributed by atoms with Gasteiger partial charge in [0.05, 0.1) is 25.0 Å². The van der Waals surface area contributed by atoms with Crippen LogP contribution in [0.3, 0.4) is 0 Å². The molecule has 0 radical (unpaired) electrons. The van der Waals surface area contributed by atoms with E-state index in [9.17, 15) is 9.59 Å². The number of esters is 1. The number of carbonyl (C=O) groups excluding carboxylic acids is 2. The third-order valence-corrected chi connectivity index (χ3v) is 6.10. The van der Waals surface area contributed by atoms with E-state index < -0.39 is 0 Å². The van der Waals surface area contributed by atoms with Crippen molar-refractivity contribution in [3.05, 3.63) is 64.1 Å². The molecule has 0 aromatic heterocycles. The first-order chi connectivity index (χ1) is 15.4. The molecule has 0 aliphatic carbocycles. The van der Waals surface area contributed by atoms with Crippen molar-refractivity contribution in [2.75, 3.05) is 20.3 Å². The first-order valence-electron chi connectivity index (χ1n) is 10.2. The van der Waals surface area contributed by atoms with E-state index in [1.54, 1.807) is 6.08 Å². The standard InChI is InChI=1S/C24H25NO5S2/c1-4-29-20-13-18(9-10-19(20)30-15-17-7-5-16(2)6-8-17)14-21-23(27)25(24(31)32-21)12-11-22(26)28-3/h5-10,13-14H,4,11-12,15H2,1-3H3/b21-14-. The summed E-state index contributed by atoms with van der Waals surface area (Å²) in [4.78, 5) is 26.0. The summed E-state index contributed by atoms with van der Waals surface area (Å²) in [5.74, 6) is 0.636. The molecular weight excluding hydrogens is 446 g/mol. The fraction of sp³-hybridized carbons (Fsp3) is 0.292. The molecule has 8 heteroatoms. The van der Waals surface area contributed by atoms with Gasteiger partial charge in [-0.3, -0.25) is 14.5 Å². The number of methoxy groups -OCH3 is 1. The van der Waals surface area contributed by atoms with Crippen LogP contribution in [0.2, 0.25) is 0 Å². The number of aryl methyl sites for hydroxylation is 1. The molecule has 1 heterocycles. The zero-order valence-corrected chi connectivity index (χ0v) is 19.9. The number of hydrogen-bond donors (Lipinski definition) is 0. The lowest BCUT2D eigenvalue weighted by molar-refractivity contribution is -0.140. The van der Waals surface area contributed by atoms with Crippen LogP contribution in [0.5, 0.6) is 11.5 Å². The third-order valence-electron chi connectivity index (χ3n) is 4.72. The Morgan fingerprint density at radius 3 is 2.56 bits per heavy atom. The van der Waals surface area contributed by atoms with Gasteiger partial charge in [-0.05, 0) is 43.2 Å². The second-order valence-electron chi connectivity index (χ2n) is 7.07. The molecule has 0 saturated carbocycles. The number of amides is 1. The molecular formula is C24H25NO5S2. The quantitative estimate of drug-likeness (QED) is 0.297. The zero-order valence-electron chi connectivity index (χ0n) is 18.3. The summed E-state index contributed by atoms with van der Waals surface area (Å²) in [6.07, 6.45) is 1.86. The van der Waals surface area contributed by atoms with E-state index in [-0.39, 0.29) is 24.8 Å². The molecule has 2 aromatic rings. The first-order valence-corrected chi connectivity index (χ1v) is 11.4. The number of hydrogen-bond acceptors (Lipinski definition) is 7. The molecule has 0 bridgehead atoms. The van der Waals surface area contributed by atoms with Gasteiger partial charge in [0, 0.05) is 6.54 Å². The fourth-order valence-electron chi connectivity index (χ4n) is 3.00. The van der Waals surface area contributed by atoms with Crippen LogP contribution >= 0.6 is 24.0 Å². The molecule has 0 atom stereocenters. The van der Waals surface area contributed by atoms with Gasteiger partial charge in [-0.25, -0.2) is 0 Å². The molecule has 32 heavy (non-hydrogen) atoms. The number of thiocarbonyl (C=S) groups is 1. The van der Waals surface area contributed by atoms with Gasteiger partial charge in [-0.2, -0.15) is 0 Å². The van der Waals surface area contributed by atoms with Crippen molar-refractivity contribution in [2.45, 2.75) is 26.9 Å². The Morgan fingerprint density at radius 1 is 1.12 bits per heavy atom. The molecule has 168 valence electrons. The van der Waals surface area contributed by atoms with Crippen LogP contribution in [0.1, 0.15) is 30.0 Å². The molecule has 6 nitrogen and oxygen atoms in total. The van der Waals surface area contributed by atoms with Crippen LogP contribution < -0.4 is 9.47 Å². The van der Waals surface area contributed by atoms with E-state index in [4.69, 9.17) is 21.7 Å². The topological polar surface area (TPSA) is 65.1 Å². The van der Waals surface area contributed by atoms with Crippen LogP contribution in [-0.2, 0) is 20.9 Å². The Balaban J connectivity index is 1.73. The number of carbonyl (C=O) groups is 2. The zero-order chi connectivity index (χ0) is 23.1. The van der Waals surface area contributed by atoms with Gasteiger partial charge in [-0.15, -0.1) is 0 Å². The predicted octanol–water partition coefficient (Wildman–Crippen LogP) is 4.74. The second-order valence-corrected chi connectivity index (χ2v) is 8.75. The minimum atomic E-state index is -0.384. The highest BCUT2D eigenvalue weighted by molar-refractivity contribution is 8.26. The van der Waals surface area contributed by atoms with Crippen molar-refractivity contribution >= 4 is 46.3 Å². The van der Waals surface area contributed by atoms with E-state index in [1.165, 1.54) is 29.3 Å². The van der Waals surface area contributed by atoms with Crippen molar-refractivity contribution in [2.24, 2.45) is 0 Å². The average Bonchev–Trinajstić information content (AvgIpc) is 3.05. The van der Waals surface area contributed by atoms with Gasteiger partial charge < -0.3 is 14.2 Å². The van der Waals surface area contributed by atoms with Crippen LogP contribution in [-0.4, -0.2) is 41.4 Å². The maximum Gasteiger partial charge on any atom is 0.307 e. The summed E-state index contributed by atoms with van der Waals surface area (Å²) in [7, 11) is 1.32. The minimum Gasteiger partial charge on any atom is -0.490 e. The first kappa shape index (κ1) is 23.8. The van der Waals surface area contributed by atoms with Gasteiger partial charge in [0.25, 0.3) is 5.91 Å². The minimum absolute atomic E-state index is 0.0950. The summed E-state index contributed by atoms with van der Waals surface area (Å²) in [5, 5.41) is 0. The monoisotopic (exact) mass is 471 g/mol. The molecule has 0 spiro atoms. The molecule has 0 unspecified atom stereocenters. The normalized spacial score (nSPS) is 14.7. The lowest BCUT2D eigenvalue weighted by Crippen LogP contribution is -2.30. The lowest BCUT2D eigenvalue weighted by Gasteiger charge is -2.13. The molecule has 1 aliphatic heterocycles. The second kappa shape index (κ2) is 11.2. The summed E-state index contributed by atoms with van der Waals surface area (Å²) in [6, 6.07) is 13.7. The van der Waals surface area contributed by atoms with Gasteiger partial charge in [0.2, 0.25) is 0 Å².